The summed E-state index contributed by atoms with van der Waals surface area (Å²) >= 11 is 0. The summed E-state index contributed by atoms with van der Waals surface area (Å²) in [7, 11) is 2.30. The van der Waals surface area contributed by atoms with Crippen LogP contribution in [0.15, 0.2) is 0 Å². The van der Waals surface area contributed by atoms with E-state index in [1.807, 2.05) is 0 Å². The molecule has 1 saturated carbocycles. The van der Waals surface area contributed by atoms with Crippen molar-refractivity contribution in [3.63, 3.8) is 0 Å². The lowest BCUT2D eigenvalue weighted by Crippen LogP contribution is -2.59. The van der Waals surface area contributed by atoms with Crippen LogP contribution in [-0.4, -0.2) is 43.3 Å². The first-order chi connectivity index (χ1) is 8.57. The van der Waals surface area contributed by atoms with Crippen LogP contribution in [0.4, 0.5) is 0 Å². The number of hydrogen-bond donors (Lipinski definition) is 1. The molecule has 0 bridgehead atoms. The second-order valence-electron chi connectivity index (χ2n) is 6.74. The van der Waals surface area contributed by atoms with Gasteiger partial charge in [0.2, 0.25) is 0 Å². The first-order valence-electron chi connectivity index (χ1n) is 7.58. The Balaban J connectivity index is 2.09. The lowest BCUT2D eigenvalue weighted by Gasteiger charge is -2.51. The average molecular weight is 254 g/mol. The molecule has 0 spiro atoms. The molecule has 2 atom stereocenters. The summed E-state index contributed by atoms with van der Waals surface area (Å²) < 4.78 is 5.49. The maximum Gasteiger partial charge on any atom is 0.0480 e. The molecule has 106 valence electrons. The maximum atomic E-state index is 6.20. The van der Waals surface area contributed by atoms with Crippen molar-refractivity contribution in [2.45, 2.75) is 57.5 Å². The van der Waals surface area contributed by atoms with E-state index >= 15 is 0 Å². The van der Waals surface area contributed by atoms with Gasteiger partial charge < -0.3 is 10.5 Å². The standard InChI is InChI=1S/C15H30N2O/c1-12-8-13(2)10-15(9-12,11-16)17(3)14-4-6-18-7-5-14/h12-14H,4-11,16H2,1-3H3. The highest BCUT2D eigenvalue weighted by Gasteiger charge is 2.42. The molecule has 1 aliphatic carbocycles. The lowest BCUT2D eigenvalue weighted by atomic mass is 9.70. The number of hydrogen-bond acceptors (Lipinski definition) is 3. The van der Waals surface area contributed by atoms with Crippen LogP contribution >= 0.6 is 0 Å². The number of rotatable bonds is 3. The van der Waals surface area contributed by atoms with Gasteiger partial charge in [-0.3, -0.25) is 4.90 Å². The minimum atomic E-state index is 0.235. The Hall–Kier alpha value is -0.120. The highest BCUT2D eigenvalue weighted by molar-refractivity contribution is 4.99. The third-order valence-corrected chi connectivity index (χ3v) is 5.13. The highest BCUT2D eigenvalue weighted by atomic mass is 16.5. The maximum absolute atomic E-state index is 6.20. The molecular weight excluding hydrogens is 224 g/mol. The highest BCUT2D eigenvalue weighted by Crippen LogP contribution is 2.40. The molecule has 2 rings (SSSR count). The van der Waals surface area contributed by atoms with E-state index in [4.69, 9.17) is 10.5 Å². The van der Waals surface area contributed by atoms with Gasteiger partial charge in [0.25, 0.3) is 0 Å². The predicted octanol–water partition coefficient (Wildman–Crippen LogP) is 2.25. The van der Waals surface area contributed by atoms with E-state index in [1.165, 1.54) is 32.1 Å². The second-order valence-corrected chi connectivity index (χ2v) is 6.74. The lowest BCUT2D eigenvalue weighted by molar-refractivity contribution is -0.0327. The van der Waals surface area contributed by atoms with E-state index in [0.29, 0.717) is 6.04 Å². The molecule has 0 aromatic heterocycles. The molecular formula is C15H30N2O. The fraction of sp³-hybridized carbons (Fsp3) is 1.00. The summed E-state index contributed by atoms with van der Waals surface area (Å²) in [4.78, 5) is 2.61. The van der Waals surface area contributed by atoms with E-state index in [2.05, 4.69) is 25.8 Å². The van der Waals surface area contributed by atoms with Crippen LogP contribution in [0.2, 0.25) is 0 Å². The van der Waals surface area contributed by atoms with E-state index in [0.717, 1.165) is 31.6 Å². The van der Waals surface area contributed by atoms with E-state index in [1.54, 1.807) is 0 Å². The molecule has 1 heterocycles. The molecule has 1 aliphatic heterocycles. The largest absolute Gasteiger partial charge is 0.381 e. The van der Waals surface area contributed by atoms with Gasteiger partial charge in [0.1, 0.15) is 0 Å². The molecule has 0 amide bonds. The van der Waals surface area contributed by atoms with E-state index in [9.17, 15) is 0 Å². The normalized spacial score (nSPS) is 39.2. The summed E-state index contributed by atoms with van der Waals surface area (Å²) in [5.41, 5.74) is 6.43. The van der Waals surface area contributed by atoms with Crippen molar-refractivity contribution in [3.8, 4) is 0 Å². The van der Waals surface area contributed by atoms with Crippen LogP contribution < -0.4 is 5.73 Å². The molecule has 0 aromatic rings. The average Bonchev–Trinajstić information content (AvgIpc) is 2.37. The van der Waals surface area contributed by atoms with Crippen LogP contribution in [0.1, 0.15) is 46.0 Å². The minimum absolute atomic E-state index is 0.235. The predicted molar refractivity (Wildman–Crippen MR) is 75.6 cm³/mol. The van der Waals surface area contributed by atoms with Crippen molar-refractivity contribution >= 4 is 0 Å². The topological polar surface area (TPSA) is 38.5 Å². The summed E-state index contributed by atoms with van der Waals surface area (Å²) in [6.45, 7) is 7.41. The first kappa shape index (κ1) is 14.3. The molecule has 3 nitrogen and oxygen atoms in total. The number of nitrogens with two attached hydrogens (primary N) is 1. The van der Waals surface area contributed by atoms with Gasteiger partial charge in [-0.1, -0.05) is 13.8 Å². The van der Waals surface area contributed by atoms with E-state index < -0.39 is 0 Å². The molecule has 2 unspecified atom stereocenters. The third-order valence-electron chi connectivity index (χ3n) is 5.13. The quantitative estimate of drug-likeness (QED) is 0.839. The van der Waals surface area contributed by atoms with Gasteiger partial charge in [0.15, 0.2) is 0 Å². The summed E-state index contributed by atoms with van der Waals surface area (Å²) in [5.74, 6) is 1.61. The second kappa shape index (κ2) is 5.89. The van der Waals surface area contributed by atoms with Crippen molar-refractivity contribution < 1.29 is 4.74 Å². The van der Waals surface area contributed by atoms with Crippen LogP contribution in [0.5, 0.6) is 0 Å². The number of ether oxygens (including phenoxy) is 1. The van der Waals surface area contributed by atoms with Crippen LogP contribution in [0, 0.1) is 11.8 Å². The number of likely N-dealkylation sites (N-methyl/N-ethyl adjacent to an activating group) is 1. The third kappa shape index (κ3) is 2.89. The van der Waals surface area contributed by atoms with E-state index in [-0.39, 0.29) is 5.54 Å². The Bertz CT molecular complexity index is 253. The zero-order valence-electron chi connectivity index (χ0n) is 12.3. The SMILES string of the molecule is CC1CC(C)CC(CN)(N(C)C2CCOCC2)C1. The summed E-state index contributed by atoms with van der Waals surface area (Å²) in [5, 5.41) is 0. The molecule has 2 N–H and O–H groups in total. The monoisotopic (exact) mass is 254 g/mol. The molecule has 3 heteroatoms. The Labute approximate surface area is 112 Å². The first-order valence-corrected chi connectivity index (χ1v) is 7.58. The van der Waals surface area contributed by atoms with Crippen LogP contribution in [0.25, 0.3) is 0 Å². The van der Waals surface area contributed by atoms with Gasteiger partial charge >= 0.3 is 0 Å². The molecule has 2 fully saturated rings. The smallest absolute Gasteiger partial charge is 0.0480 e. The van der Waals surface area contributed by atoms with Crippen molar-refractivity contribution in [2.24, 2.45) is 17.6 Å². The van der Waals surface area contributed by atoms with Gasteiger partial charge in [-0.2, -0.15) is 0 Å². The Morgan fingerprint density at radius 1 is 1.17 bits per heavy atom. The zero-order chi connectivity index (χ0) is 13.2. The van der Waals surface area contributed by atoms with Gasteiger partial charge in [-0.15, -0.1) is 0 Å². The van der Waals surface area contributed by atoms with Gasteiger partial charge in [0.05, 0.1) is 0 Å². The number of nitrogens with zero attached hydrogens (tertiary/aromatic N) is 1. The van der Waals surface area contributed by atoms with Crippen LogP contribution in [0.3, 0.4) is 0 Å². The molecule has 0 radical (unpaired) electrons. The van der Waals surface area contributed by atoms with Crippen LogP contribution in [-0.2, 0) is 4.74 Å². The zero-order valence-corrected chi connectivity index (χ0v) is 12.3. The molecule has 18 heavy (non-hydrogen) atoms. The Kier molecular flexibility index (Phi) is 4.68. The van der Waals surface area contributed by atoms with Crippen molar-refractivity contribution in [2.75, 3.05) is 26.8 Å². The van der Waals surface area contributed by atoms with Crippen molar-refractivity contribution in [3.05, 3.63) is 0 Å². The fourth-order valence-corrected chi connectivity index (χ4v) is 4.29. The molecule has 1 saturated heterocycles. The van der Waals surface area contributed by atoms with Crippen molar-refractivity contribution in [1.29, 1.82) is 0 Å². The van der Waals surface area contributed by atoms with Crippen molar-refractivity contribution in [1.82, 2.24) is 4.90 Å². The van der Waals surface area contributed by atoms with Gasteiger partial charge in [-0.25, -0.2) is 0 Å². The Morgan fingerprint density at radius 2 is 1.72 bits per heavy atom. The summed E-state index contributed by atoms with van der Waals surface area (Å²) in [6.07, 6.45) is 6.23. The molecule has 0 aromatic carbocycles. The summed E-state index contributed by atoms with van der Waals surface area (Å²) in [6, 6.07) is 0.666. The fourth-order valence-electron chi connectivity index (χ4n) is 4.29. The van der Waals surface area contributed by atoms with Gasteiger partial charge in [0, 0.05) is 31.3 Å². The Morgan fingerprint density at radius 3 is 2.22 bits per heavy atom. The minimum Gasteiger partial charge on any atom is -0.381 e. The molecule has 2 aliphatic rings. The van der Waals surface area contributed by atoms with Gasteiger partial charge in [-0.05, 0) is 51.0 Å².